The monoisotopic (exact) mass is 278 g/mol. The van der Waals surface area contributed by atoms with E-state index in [0.717, 1.165) is 12.8 Å². The van der Waals surface area contributed by atoms with Crippen molar-refractivity contribution in [3.05, 3.63) is 23.8 Å². The molecule has 4 heteroatoms. The molecule has 0 spiro atoms. The Bertz CT molecular complexity index is 432. The van der Waals surface area contributed by atoms with E-state index in [2.05, 4.69) is 12.2 Å². The van der Waals surface area contributed by atoms with Crippen molar-refractivity contribution in [2.24, 2.45) is 0 Å². The minimum atomic E-state index is -0.117. The molecule has 4 nitrogen and oxygen atoms in total. The summed E-state index contributed by atoms with van der Waals surface area (Å²) in [5, 5.41) is 2.99. The first-order chi connectivity index (χ1) is 9.58. The van der Waals surface area contributed by atoms with E-state index in [1.54, 1.807) is 25.3 Å². The van der Waals surface area contributed by atoms with Gasteiger partial charge in [0.2, 0.25) is 0 Å². The summed E-state index contributed by atoms with van der Waals surface area (Å²) in [5.41, 5.74) is 6.82. The Hall–Kier alpha value is -1.71. The standard InChI is InChI=1S/C16H26N2O2/c1-4-5-6-7-8-12(2)18-16(19)14-10-9-13(20-3)11-15(14)17/h9-12H,4-8,17H2,1-3H3,(H,18,19). The van der Waals surface area contributed by atoms with E-state index >= 15 is 0 Å². The highest BCUT2D eigenvalue weighted by molar-refractivity contribution is 5.99. The van der Waals surface area contributed by atoms with E-state index in [1.165, 1.54) is 19.3 Å². The highest BCUT2D eigenvalue weighted by Gasteiger charge is 2.13. The molecule has 0 heterocycles. The number of carbonyl (C=O) groups is 1. The van der Waals surface area contributed by atoms with Gasteiger partial charge in [0.25, 0.3) is 5.91 Å². The summed E-state index contributed by atoms with van der Waals surface area (Å²) < 4.78 is 5.08. The molecule has 0 saturated heterocycles. The van der Waals surface area contributed by atoms with Crippen molar-refractivity contribution in [3.8, 4) is 5.75 Å². The van der Waals surface area contributed by atoms with Crippen molar-refractivity contribution >= 4 is 11.6 Å². The van der Waals surface area contributed by atoms with Crippen LogP contribution in [0.5, 0.6) is 5.75 Å². The molecule has 1 atom stereocenters. The third-order valence-corrected chi connectivity index (χ3v) is 3.37. The van der Waals surface area contributed by atoms with Gasteiger partial charge in [-0.3, -0.25) is 4.79 Å². The first-order valence-corrected chi connectivity index (χ1v) is 7.32. The lowest BCUT2D eigenvalue weighted by Crippen LogP contribution is -2.32. The zero-order valence-corrected chi connectivity index (χ0v) is 12.7. The van der Waals surface area contributed by atoms with Gasteiger partial charge >= 0.3 is 0 Å². The van der Waals surface area contributed by atoms with Crippen LogP contribution in [0.25, 0.3) is 0 Å². The SMILES string of the molecule is CCCCCCC(C)NC(=O)c1ccc(OC)cc1N. The van der Waals surface area contributed by atoms with E-state index < -0.39 is 0 Å². The normalized spacial score (nSPS) is 11.9. The second kappa shape index (κ2) is 8.46. The van der Waals surface area contributed by atoms with Crippen LogP contribution >= 0.6 is 0 Å². The van der Waals surface area contributed by atoms with Crippen molar-refractivity contribution in [1.29, 1.82) is 0 Å². The topological polar surface area (TPSA) is 64.3 Å². The molecule has 1 rings (SSSR count). The smallest absolute Gasteiger partial charge is 0.253 e. The van der Waals surface area contributed by atoms with Crippen LogP contribution in [0.4, 0.5) is 5.69 Å². The van der Waals surface area contributed by atoms with Gasteiger partial charge in [-0.25, -0.2) is 0 Å². The molecule has 0 bridgehead atoms. The molecule has 0 aromatic heterocycles. The minimum Gasteiger partial charge on any atom is -0.497 e. The molecule has 1 aromatic carbocycles. The summed E-state index contributed by atoms with van der Waals surface area (Å²) in [4.78, 5) is 12.1. The van der Waals surface area contributed by atoms with Crippen molar-refractivity contribution in [3.63, 3.8) is 0 Å². The molecule has 0 radical (unpaired) electrons. The van der Waals surface area contributed by atoms with E-state index in [-0.39, 0.29) is 11.9 Å². The Morgan fingerprint density at radius 1 is 1.35 bits per heavy atom. The van der Waals surface area contributed by atoms with Crippen molar-refractivity contribution < 1.29 is 9.53 Å². The molecule has 0 aliphatic carbocycles. The van der Waals surface area contributed by atoms with E-state index in [0.29, 0.717) is 17.0 Å². The number of nitrogen functional groups attached to an aromatic ring is 1. The van der Waals surface area contributed by atoms with Gasteiger partial charge in [0.1, 0.15) is 5.75 Å². The van der Waals surface area contributed by atoms with Crippen LogP contribution < -0.4 is 15.8 Å². The quantitative estimate of drug-likeness (QED) is 0.566. The van der Waals surface area contributed by atoms with Crippen molar-refractivity contribution in [2.75, 3.05) is 12.8 Å². The van der Waals surface area contributed by atoms with Gasteiger partial charge in [0.05, 0.1) is 12.7 Å². The number of hydrogen-bond donors (Lipinski definition) is 2. The van der Waals surface area contributed by atoms with Gasteiger partial charge in [-0.2, -0.15) is 0 Å². The minimum absolute atomic E-state index is 0.117. The van der Waals surface area contributed by atoms with E-state index in [4.69, 9.17) is 10.5 Å². The van der Waals surface area contributed by atoms with E-state index in [9.17, 15) is 4.79 Å². The molecule has 1 amide bonds. The molecule has 20 heavy (non-hydrogen) atoms. The summed E-state index contributed by atoms with van der Waals surface area (Å²) in [5.74, 6) is 0.541. The first-order valence-electron chi connectivity index (χ1n) is 7.32. The van der Waals surface area contributed by atoms with Gasteiger partial charge < -0.3 is 15.8 Å². The Morgan fingerprint density at radius 2 is 2.10 bits per heavy atom. The van der Waals surface area contributed by atoms with Crippen LogP contribution in [-0.4, -0.2) is 19.1 Å². The van der Waals surface area contributed by atoms with Crippen molar-refractivity contribution in [2.45, 2.75) is 52.0 Å². The Morgan fingerprint density at radius 3 is 2.70 bits per heavy atom. The third kappa shape index (κ3) is 5.11. The molecule has 0 aliphatic rings. The maximum Gasteiger partial charge on any atom is 0.253 e. The zero-order chi connectivity index (χ0) is 15.0. The number of nitrogens with one attached hydrogen (secondary N) is 1. The van der Waals surface area contributed by atoms with Crippen molar-refractivity contribution in [1.82, 2.24) is 5.32 Å². The third-order valence-electron chi connectivity index (χ3n) is 3.37. The highest BCUT2D eigenvalue weighted by Crippen LogP contribution is 2.19. The van der Waals surface area contributed by atoms with Crippen LogP contribution in [0.2, 0.25) is 0 Å². The first kappa shape index (κ1) is 16.3. The summed E-state index contributed by atoms with van der Waals surface area (Å²) in [7, 11) is 1.58. The number of hydrogen-bond acceptors (Lipinski definition) is 3. The van der Waals surface area contributed by atoms with Crippen LogP contribution in [0.3, 0.4) is 0 Å². The lowest BCUT2D eigenvalue weighted by Gasteiger charge is -2.15. The number of ether oxygens (including phenoxy) is 1. The molecule has 1 unspecified atom stereocenters. The molecule has 3 N–H and O–H groups in total. The number of amides is 1. The van der Waals surface area contributed by atoms with Gasteiger partial charge in [0.15, 0.2) is 0 Å². The Kier molecular flexibility index (Phi) is 6.91. The summed E-state index contributed by atoms with van der Waals surface area (Å²) in [6.07, 6.45) is 5.85. The van der Waals surface area contributed by atoms with E-state index in [1.807, 2.05) is 6.92 Å². The second-order valence-electron chi connectivity index (χ2n) is 5.18. The fourth-order valence-electron chi connectivity index (χ4n) is 2.13. The summed E-state index contributed by atoms with van der Waals surface area (Å²) in [6.45, 7) is 4.22. The summed E-state index contributed by atoms with van der Waals surface area (Å²) >= 11 is 0. The van der Waals surface area contributed by atoms with Crippen LogP contribution in [0.1, 0.15) is 56.3 Å². The molecule has 1 aromatic rings. The lowest BCUT2D eigenvalue weighted by molar-refractivity contribution is 0.0939. The molecular formula is C16H26N2O2. The van der Waals surface area contributed by atoms with Crippen LogP contribution in [-0.2, 0) is 0 Å². The summed E-state index contributed by atoms with van der Waals surface area (Å²) in [6, 6.07) is 5.28. The molecule has 0 fully saturated rings. The second-order valence-corrected chi connectivity index (χ2v) is 5.18. The molecule has 0 saturated carbocycles. The molecule has 112 valence electrons. The fraction of sp³-hybridized carbons (Fsp3) is 0.562. The van der Waals surface area contributed by atoms with Gasteiger partial charge in [-0.15, -0.1) is 0 Å². The largest absolute Gasteiger partial charge is 0.497 e. The number of methoxy groups -OCH3 is 1. The fourth-order valence-corrected chi connectivity index (χ4v) is 2.13. The van der Waals surface area contributed by atoms with Gasteiger partial charge in [0, 0.05) is 17.8 Å². The number of benzene rings is 1. The number of anilines is 1. The van der Waals surface area contributed by atoms with Gasteiger partial charge in [-0.05, 0) is 25.5 Å². The number of carbonyl (C=O) groups excluding carboxylic acids is 1. The maximum absolute atomic E-state index is 12.1. The molecular weight excluding hydrogens is 252 g/mol. The Labute approximate surface area is 121 Å². The van der Waals surface area contributed by atoms with Crippen LogP contribution in [0, 0.1) is 0 Å². The number of rotatable bonds is 8. The number of nitrogens with two attached hydrogens (primary N) is 1. The average molecular weight is 278 g/mol. The number of unbranched alkanes of at least 4 members (excludes halogenated alkanes) is 3. The predicted molar refractivity (Wildman–Crippen MR) is 83.1 cm³/mol. The van der Waals surface area contributed by atoms with Crippen LogP contribution in [0.15, 0.2) is 18.2 Å². The Balaban J connectivity index is 2.49. The molecule has 0 aliphatic heterocycles. The maximum atomic E-state index is 12.1. The highest BCUT2D eigenvalue weighted by atomic mass is 16.5. The zero-order valence-electron chi connectivity index (χ0n) is 12.7. The predicted octanol–water partition coefficient (Wildman–Crippen LogP) is 3.37. The average Bonchev–Trinajstić information content (AvgIpc) is 2.43. The lowest BCUT2D eigenvalue weighted by atomic mass is 10.1. The van der Waals surface area contributed by atoms with Gasteiger partial charge in [-0.1, -0.05) is 32.6 Å².